The van der Waals surface area contributed by atoms with Crippen LogP contribution in [0.15, 0.2) is 102 Å². The van der Waals surface area contributed by atoms with E-state index in [1.807, 2.05) is 41.5 Å². The molecule has 7 atom stereocenters. The highest BCUT2D eigenvalue weighted by Crippen LogP contribution is 2.64. The minimum Gasteiger partial charge on any atom is -0.400 e. The Morgan fingerprint density at radius 3 is 1.94 bits per heavy atom. The summed E-state index contributed by atoms with van der Waals surface area (Å²) in [6.07, 6.45) is 20.5. The van der Waals surface area contributed by atoms with E-state index >= 15 is 0 Å². The Balaban J connectivity index is 0.000000259. The summed E-state index contributed by atoms with van der Waals surface area (Å²) in [5.74, 6) is 1.75. The predicted molar refractivity (Wildman–Crippen MR) is 281 cm³/mol. The average molecular weight is 903 g/mol. The number of carbonyl (C=O) groups is 2. The van der Waals surface area contributed by atoms with Crippen molar-refractivity contribution in [1.82, 2.24) is 15.5 Å². The van der Waals surface area contributed by atoms with Crippen LogP contribution in [0.3, 0.4) is 0 Å². The van der Waals surface area contributed by atoms with Crippen LogP contribution in [0.25, 0.3) is 0 Å². The molecule has 0 radical (unpaired) electrons. The van der Waals surface area contributed by atoms with Crippen LogP contribution >= 0.6 is 0 Å². The molecule has 66 heavy (non-hydrogen) atoms. The summed E-state index contributed by atoms with van der Waals surface area (Å²) >= 11 is 0. The molecule has 2 aromatic carbocycles. The largest absolute Gasteiger partial charge is 0.400 e. The van der Waals surface area contributed by atoms with Crippen molar-refractivity contribution < 1.29 is 9.59 Å². The van der Waals surface area contributed by atoms with E-state index in [1.54, 1.807) is 0 Å². The molecule has 8 rings (SSSR count). The highest BCUT2D eigenvalue weighted by atomic mass is 16.1. The summed E-state index contributed by atoms with van der Waals surface area (Å²) in [4.78, 5) is 28.9. The fourth-order valence-corrected chi connectivity index (χ4v) is 12.2. The molecule has 0 saturated heterocycles. The number of aryl methyl sites for hydroxylation is 1. The molecule has 2 saturated carbocycles. The van der Waals surface area contributed by atoms with Crippen LogP contribution < -0.4 is 16.4 Å². The van der Waals surface area contributed by atoms with Crippen molar-refractivity contribution in [2.75, 3.05) is 0 Å². The summed E-state index contributed by atoms with van der Waals surface area (Å²) in [6.45, 7) is 32.6. The first-order valence-electron chi connectivity index (χ1n) is 27.0. The van der Waals surface area contributed by atoms with Crippen molar-refractivity contribution in [1.29, 1.82) is 0 Å². The standard InChI is InChI=1S/C27H36N2O.C27H40N2O.3C2H6/c1-6-21-18(4)23-22(16-20-12-10-17(3)11-13-20)26(28-24(23)19(5)25(21)30)29-27(7-2)14-8-9-15-27;1-4-22-24(28)26(27(15-16-27)23(5-2)25(22)30)29(18-21-13-7-6-8-14-21)19(3)17-20-11-9-10-12-20;3*1-2/h8-13,19,21-22,26,28-29H,4,6-7,14-16H2,1-3,5H3;6-8,13-14,19-20,22-23H,4-5,9-12,15-18,28H2,1-3H3;3*1-2H3. The summed E-state index contributed by atoms with van der Waals surface area (Å²) in [6, 6.07) is 20.1. The Morgan fingerprint density at radius 1 is 0.818 bits per heavy atom. The Hall–Kier alpha value is -3.90. The maximum atomic E-state index is 13.3. The Bertz CT molecular complexity index is 1940. The first kappa shape index (κ1) is 54.7. The molecule has 4 N–H and O–H groups in total. The fourth-order valence-electron chi connectivity index (χ4n) is 12.2. The van der Waals surface area contributed by atoms with E-state index in [0.29, 0.717) is 17.6 Å². The van der Waals surface area contributed by atoms with Crippen molar-refractivity contribution in [3.8, 4) is 0 Å². The van der Waals surface area contributed by atoms with Gasteiger partial charge in [-0.1, -0.05) is 174 Å². The van der Waals surface area contributed by atoms with E-state index in [1.165, 1.54) is 60.1 Å². The first-order chi connectivity index (χ1) is 31.9. The molecule has 0 aromatic heterocycles. The van der Waals surface area contributed by atoms with Crippen LogP contribution in [-0.2, 0) is 22.6 Å². The molecule has 1 aliphatic heterocycles. The van der Waals surface area contributed by atoms with E-state index in [4.69, 9.17) is 5.73 Å². The van der Waals surface area contributed by atoms with Crippen LogP contribution in [0.4, 0.5) is 0 Å². The van der Waals surface area contributed by atoms with Crippen LogP contribution in [0.1, 0.15) is 183 Å². The SMILES string of the molecule is C=C1C2=C(NC(NC3(CC)CC=CC3)C2Cc2ccc(C)cc2)C(C)C(=O)C1CC.CC.CC.CC.CCC1C(=O)C(CC)C2(CC2)C(N(Cc2ccccc2)C(C)CC2CCCC2)=C1N. The number of hydrogen-bond acceptors (Lipinski definition) is 6. The van der Waals surface area contributed by atoms with E-state index in [-0.39, 0.29) is 46.7 Å². The van der Waals surface area contributed by atoms with Gasteiger partial charge in [-0.05, 0) is 113 Å². The molecule has 6 heteroatoms. The van der Waals surface area contributed by atoms with Gasteiger partial charge in [0.2, 0.25) is 0 Å². The topological polar surface area (TPSA) is 87.5 Å². The number of rotatable bonds is 14. The fraction of sp³-hybridized carbons (Fsp3) is 0.633. The summed E-state index contributed by atoms with van der Waals surface area (Å²) in [7, 11) is 0. The summed E-state index contributed by atoms with van der Waals surface area (Å²) in [5.41, 5.74) is 16.6. The molecule has 2 fully saturated rings. The molecule has 6 aliphatic rings. The van der Waals surface area contributed by atoms with Gasteiger partial charge in [-0.3, -0.25) is 14.9 Å². The number of nitrogens with two attached hydrogens (primary N) is 1. The van der Waals surface area contributed by atoms with Crippen molar-refractivity contribution >= 4 is 11.6 Å². The quantitative estimate of drug-likeness (QED) is 0.164. The normalized spacial score (nSPS) is 26.2. The van der Waals surface area contributed by atoms with Gasteiger partial charge in [-0.2, -0.15) is 0 Å². The summed E-state index contributed by atoms with van der Waals surface area (Å²) < 4.78 is 0. The van der Waals surface area contributed by atoms with Crippen LogP contribution in [0.2, 0.25) is 0 Å². The minimum atomic E-state index is -0.104. The molecule has 0 amide bonds. The molecule has 1 heterocycles. The van der Waals surface area contributed by atoms with Gasteiger partial charge in [0.25, 0.3) is 0 Å². The Labute approximate surface area is 404 Å². The second-order valence-corrected chi connectivity index (χ2v) is 19.6. The highest BCUT2D eigenvalue weighted by Gasteiger charge is 2.60. The molecular formula is C60H94N4O2. The number of allylic oxidation sites excluding steroid dienone is 4. The molecular weight excluding hydrogens is 809 g/mol. The number of carbonyl (C=O) groups excluding carboxylic acids is 2. The maximum Gasteiger partial charge on any atom is 0.148 e. The molecule has 0 bridgehead atoms. The summed E-state index contributed by atoms with van der Waals surface area (Å²) in [5, 5.41) is 7.78. The third kappa shape index (κ3) is 11.8. The zero-order valence-corrected chi connectivity index (χ0v) is 44.1. The molecule has 366 valence electrons. The third-order valence-electron chi connectivity index (χ3n) is 15.9. The molecule has 1 spiro atoms. The lowest BCUT2D eigenvalue weighted by molar-refractivity contribution is -0.129. The van der Waals surface area contributed by atoms with Crippen LogP contribution in [0, 0.1) is 47.8 Å². The van der Waals surface area contributed by atoms with Gasteiger partial charge in [0.1, 0.15) is 11.6 Å². The molecule has 6 nitrogen and oxygen atoms in total. The van der Waals surface area contributed by atoms with Crippen molar-refractivity contribution in [2.24, 2.45) is 46.7 Å². The van der Waals surface area contributed by atoms with Gasteiger partial charge in [0.05, 0.1) is 18.0 Å². The number of ketones is 2. The van der Waals surface area contributed by atoms with Gasteiger partial charge in [-0.15, -0.1) is 0 Å². The number of Topliss-reactive ketones (excluding diaryl/α,β-unsaturated/α-hetero) is 2. The van der Waals surface area contributed by atoms with Crippen molar-refractivity contribution in [2.45, 2.75) is 204 Å². The highest BCUT2D eigenvalue weighted by molar-refractivity contribution is 5.92. The second-order valence-electron chi connectivity index (χ2n) is 19.6. The zero-order chi connectivity index (χ0) is 48.8. The van der Waals surface area contributed by atoms with E-state index in [9.17, 15) is 9.59 Å². The van der Waals surface area contributed by atoms with Gasteiger partial charge < -0.3 is 16.0 Å². The third-order valence-corrected chi connectivity index (χ3v) is 15.9. The lowest BCUT2D eigenvalue weighted by Crippen LogP contribution is -2.55. The molecule has 7 unspecified atom stereocenters. The van der Waals surface area contributed by atoms with Gasteiger partial charge in [-0.25, -0.2) is 0 Å². The van der Waals surface area contributed by atoms with Gasteiger partial charge in [0, 0.05) is 58.4 Å². The lowest BCUT2D eigenvalue weighted by atomic mass is 9.69. The molecule has 5 aliphatic carbocycles. The van der Waals surface area contributed by atoms with E-state index in [2.05, 4.69) is 137 Å². The average Bonchev–Trinajstić information content (AvgIpc) is 3.63. The number of benzene rings is 2. The maximum absolute atomic E-state index is 13.3. The second kappa shape index (κ2) is 25.5. The molecule has 2 aromatic rings. The van der Waals surface area contributed by atoms with Gasteiger partial charge >= 0.3 is 0 Å². The van der Waals surface area contributed by atoms with Crippen molar-refractivity contribution in [3.63, 3.8) is 0 Å². The first-order valence-corrected chi connectivity index (χ1v) is 27.0. The van der Waals surface area contributed by atoms with Crippen molar-refractivity contribution in [3.05, 3.63) is 118 Å². The number of hydrogen-bond donors (Lipinski definition) is 3. The lowest BCUT2D eigenvalue weighted by Gasteiger charge is -2.46. The Kier molecular flexibility index (Phi) is 21.1. The number of nitrogens with zero attached hydrogens (tertiary/aromatic N) is 1. The van der Waals surface area contributed by atoms with E-state index in [0.717, 1.165) is 87.2 Å². The van der Waals surface area contributed by atoms with E-state index < -0.39 is 0 Å². The predicted octanol–water partition coefficient (Wildman–Crippen LogP) is 14.3. The van der Waals surface area contributed by atoms with Crippen LogP contribution in [-0.4, -0.2) is 34.2 Å². The van der Waals surface area contributed by atoms with Crippen LogP contribution in [0.5, 0.6) is 0 Å². The zero-order valence-electron chi connectivity index (χ0n) is 44.1. The Morgan fingerprint density at radius 2 is 1.41 bits per heavy atom. The smallest absolute Gasteiger partial charge is 0.148 e. The number of nitrogens with one attached hydrogen (secondary N) is 2. The minimum absolute atomic E-state index is 0.000301. The van der Waals surface area contributed by atoms with Gasteiger partial charge in [0.15, 0.2) is 0 Å². The monoisotopic (exact) mass is 903 g/mol.